The van der Waals surface area contributed by atoms with E-state index in [1.54, 1.807) is 0 Å². The molecule has 1 heterocycles. The summed E-state index contributed by atoms with van der Waals surface area (Å²) in [4.78, 5) is 10.3. The Bertz CT molecular complexity index is 191. The van der Waals surface area contributed by atoms with Crippen molar-refractivity contribution in [3.63, 3.8) is 0 Å². The molecule has 0 aromatic carbocycles. The van der Waals surface area contributed by atoms with Gasteiger partial charge in [-0.2, -0.15) is 10.2 Å². The number of nitrogens with zero attached hydrogens (tertiary/aromatic N) is 3. The molecule has 1 N–H and O–H groups in total. The van der Waals surface area contributed by atoms with Crippen molar-refractivity contribution in [3.8, 4) is 0 Å². The largest absolute Gasteiger partial charge is 0.317 e. The van der Waals surface area contributed by atoms with E-state index in [1.165, 1.54) is 0 Å². The maximum Gasteiger partial charge on any atom is 0.317 e. The van der Waals surface area contributed by atoms with Crippen LogP contribution in [0.25, 0.3) is 0 Å². The van der Waals surface area contributed by atoms with E-state index < -0.39 is 5.91 Å². The minimum Gasteiger partial charge on any atom is -0.263 e. The Kier molecular flexibility index (Phi) is 0.957. The van der Waals surface area contributed by atoms with Crippen LogP contribution >= 0.6 is 0 Å². The molecule has 0 aliphatic carbocycles. The Hall–Kier alpha value is -1.39. The van der Waals surface area contributed by atoms with Crippen LogP contribution in [-0.2, 0) is 4.79 Å². The van der Waals surface area contributed by atoms with Gasteiger partial charge in [-0.1, -0.05) is 0 Å². The Morgan fingerprint density at radius 3 is 2.75 bits per heavy atom. The van der Waals surface area contributed by atoms with Crippen LogP contribution in [0.3, 0.4) is 0 Å². The number of rotatable bonds is 1. The maximum absolute atomic E-state index is 10.3. The highest BCUT2D eigenvalue weighted by Crippen LogP contribution is 2.06. The number of hydrogen-bond donors (Lipinski definition) is 1. The zero-order chi connectivity index (χ0) is 5.98. The number of carbonyl (C=O) groups is 1. The van der Waals surface area contributed by atoms with E-state index in [0.29, 0.717) is 0 Å². The van der Waals surface area contributed by atoms with E-state index in [1.807, 2.05) is 0 Å². The van der Waals surface area contributed by atoms with Crippen LogP contribution in [0, 0.1) is 5.53 Å². The second-order valence-corrected chi connectivity index (χ2v) is 1.15. The Morgan fingerprint density at radius 1 is 1.75 bits per heavy atom. The first kappa shape index (κ1) is 4.76. The molecule has 0 saturated heterocycles. The summed E-state index contributed by atoms with van der Waals surface area (Å²) < 4.78 is 0. The lowest BCUT2D eigenvalue weighted by Gasteiger charge is -1.76. The minimum absolute atomic E-state index is 0.00926. The fraction of sp³-hybridized carbons (Fsp3) is 0. The number of carbonyl (C=O) groups excluding carboxylic acids is 1. The van der Waals surface area contributed by atoms with Crippen molar-refractivity contribution in [1.82, 2.24) is 0 Å². The van der Waals surface area contributed by atoms with Gasteiger partial charge >= 0.3 is 5.91 Å². The summed E-state index contributed by atoms with van der Waals surface area (Å²) in [5.74, 6) is -0.542. The lowest BCUT2D eigenvalue weighted by atomic mass is 10.5. The van der Waals surface area contributed by atoms with E-state index in [0.717, 1.165) is 6.20 Å². The van der Waals surface area contributed by atoms with Gasteiger partial charge in [-0.25, -0.2) is 5.53 Å². The fourth-order valence-corrected chi connectivity index (χ4v) is 0.319. The summed E-state index contributed by atoms with van der Waals surface area (Å²) >= 11 is 0. The summed E-state index contributed by atoms with van der Waals surface area (Å²) in [6.45, 7) is 0. The van der Waals surface area contributed by atoms with Crippen molar-refractivity contribution in [2.75, 3.05) is 0 Å². The average Bonchev–Trinajstić information content (AvgIpc) is 2.14. The molecule has 0 spiro atoms. The van der Waals surface area contributed by atoms with Gasteiger partial charge in [-0.05, 0) is 0 Å². The van der Waals surface area contributed by atoms with Crippen molar-refractivity contribution in [1.29, 1.82) is 5.53 Å². The molecule has 0 fully saturated rings. The molecule has 1 aliphatic heterocycles. The van der Waals surface area contributed by atoms with Crippen molar-refractivity contribution in [3.05, 3.63) is 11.9 Å². The number of amides is 1. The molecule has 0 radical (unpaired) electrons. The second kappa shape index (κ2) is 1.61. The normalized spacial score (nSPS) is 16.5. The molecule has 5 heteroatoms. The van der Waals surface area contributed by atoms with Crippen LogP contribution in [0.1, 0.15) is 0 Å². The zero-order valence-corrected chi connectivity index (χ0v) is 3.83. The lowest BCUT2D eigenvalue weighted by Crippen LogP contribution is -1.87. The van der Waals surface area contributed by atoms with Crippen molar-refractivity contribution < 1.29 is 4.79 Å². The van der Waals surface area contributed by atoms with Gasteiger partial charge in [0.1, 0.15) is 0 Å². The van der Waals surface area contributed by atoms with E-state index in [-0.39, 0.29) is 5.70 Å². The summed E-state index contributed by atoms with van der Waals surface area (Å²) in [7, 11) is 0. The maximum atomic E-state index is 10.3. The predicted octanol–water partition coefficient (Wildman–Crippen LogP) is 0.851. The summed E-state index contributed by atoms with van der Waals surface area (Å²) in [6, 6.07) is 0. The number of nitrogens with one attached hydrogen (secondary N) is 1. The molecule has 1 aliphatic rings. The number of azo groups is 1. The van der Waals surface area contributed by atoms with Crippen LogP contribution in [0.4, 0.5) is 0 Å². The van der Waals surface area contributed by atoms with Gasteiger partial charge in [0, 0.05) is 0 Å². The first-order valence-corrected chi connectivity index (χ1v) is 1.87. The van der Waals surface area contributed by atoms with Crippen LogP contribution in [0.2, 0.25) is 0 Å². The van der Waals surface area contributed by atoms with E-state index >= 15 is 0 Å². The van der Waals surface area contributed by atoms with Crippen LogP contribution < -0.4 is 0 Å². The molecule has 8 heavy (non-hydrogen) atoms. The molecule has 1 amide bonds. The van der Waals surface area contributed by atoms with Crippen molar-refractivity contribution in [2.24, 2.45) is 15.3 Å². The Labute approximate surface area is 44.6 Å². The molecule has 0 aromatic heterocycles. The molecule has 0 unspecified atom stereocenters. The SMILES string of the molecule is N=NC1=CN=NC1=O. The molecule has 1 rings (SSSR count). The third-order valence-corrected chi connectivity index (χ3v) is 0.668. The molecule has 0 atom stereocenters. The third kappa shape index (κ3) is 0.534. The third-order valence-electron chi connectivity index (χ3n) is 0.668. The zero-order valence-electron chi connectivity index (χ0n) is 3.83. The van der Waals surface area contributed by atoms with E-state index in [9.17, 15) is 4.79 Å². The highest BCUT2D eigenvalue weighted by molar-refractivity contribution is 5.94. The van der Waals surface area contributed by atoms with Crippen molar-refractivity contribution >= 4 is 5.91 Å². The van der Waals surface area contributed by atoms with Gasteiger partial charge in [0.25, 0.3) is 0 Å². The fourth-order valence-electron chi connectivity index (χ4n) is 0.319. The molecule has 5 nitrogen and oxygen atoms in total. The molecular weight excluding hydrogens is 108 g/mol. The topological polar surface area (TPSA) is 78.0 Å². The first-order valence-electron chi connectivity index (χ1n) is 1.87. The van der Waals surface area contributed by atoms with E-state index in [2.05, 4.69) is 15.3 Å². The van der Waals surface area contributed by atoms with E-state index in [4.69, 9.17) is 5.53 Å². The summed E-state index contributed by atoms with van der Waals surface area (Å²) in [5, 5.41) is 9.13. The standard InChI is InChI=1S/C3H2N4O/c4-6-2-1-5-7-3(2)8/h1,4H. The predicted molar refractivity (Wildman–Crippen MR) is 23.1 cm³/mol. The second-order valence-electron chi connectivity index (χ2n) is 1.15. The summed E-state index contributed by atoms with van der Waals surface area (Å²) in [6.07, 6.45) is 1.15. The van der Waals surface area contributed by atoms with Gasteiger partial charge in [0.15, 0.2) is 5.70 Å². The van der Waals surface area contributed by atoms with Gasteiger partial charge in [-0.3, -0.25) is 4.79 Å². The Morgan fingerprint density at radius 2 is 2.50 bits per heavy atom. The van der Waals surface area contributed by atoms with Crippen molar-refractivity contribution in [2.45, 2.75) is 0 Å². The average molecular weight is 110 g/mol. The minimum atomic E-state index is -0.542. The molecule has 0 aromatic rings. The highest BCUT2D eigenvalue weighted by Gasteiger charge is 2.10. The smallest absolute Gasteiger partial charge is 0.263 e. The highest BCUT2D eigenvalue weighted by atomic mass is 16.2. The van der Waals surface area contributed by atoms with Gasteiger partial charge in [0.2, 0.25) is 0 Å². The van der Waals surface area contributed by atoms with Crippen LogP contribution in [-0.4, -0.2) is 5.91 Å². The van der Waals surface area contributed by atoms with Crippen LogP contribution in [0.15, 0.2) is 27.2 Å². The van der Waals surface area contributed by atoms with Gasteiger partial charge < -0.3 is 0 Å². The number of hydrogen-bond acceptors (Lipinski definition) is 4. The molecular formula is C3H2N4O. The monoisotopic (exact) mass is 110 g/mol. The quantitative estimate of drug-likeness (QED) is 0.499. The molecule has 0 bridgehead atoms. The molecule has 0 saturated carbocycles. The lowest BCUT2D eigenvalue weighted by molar-refractivity contribution is -0.114. The first-order chi connectivity index (χ1) is 3.84. The summed E-state index contributed by atoms with van der Waals surface area (Å²) in [5.41, 5.74) is 6.34. The van der Waals surface area contributed by atoms with Gasteiger partial charge in [0.05, 0.1) is 6.20 Å². The van der Waals surface area contributed by atoms with Crippen LogP contribution in [0.5, 0.6) is 0 Å². The Balaban J connectivity index is 2.88. The van der Waals surface area contributed by atoms with Gasteiger partial charge in [-0.15, -0.1) is 5.11 Å². The molecule has 40 valence electrons.